The van der Waals surface area contributed by atoms with Gasteiger partial charge in [-0.1, -0.05) is 26.7 Å². The molecule has 1 N–H and O–H groups in total. The molecule has 0 aliphatic carbocycles. The van der Waals surface area contributed by atoms with E-state index in [2.05, 4.69) is 42.8 Å². The van der Waals surface area contributed by atoms with Gasteiger partial charge in [0.2, 0.25) is 5.91 Å². The smallest absolute Gasteiger partial charge is 0.239 e. The molecule has 0 aromatic heterocycles. The lowest BCUT2D eigenvalue weighted by atomic mass is 10.0. The Labute approximate surface area is 183 Å². The highest BCUT2D eigenvalue weighted by Gasteiger charge is 2.30. The van der Waals surface area contributed by atoms with Crippen molar-refractivity contribution in [3.8, 4) is 0 Å². The quantitative estimate of drug-likeness (QED) is 0.337. The Bertz CT molecular complexity index is 455. The fourth-order valence-corrected chi connectivity index (χ4v) is 3.87. The van der Waals surface area contributed by atoms with Crippen molar-refractivity contribution >= 4 is 35.8 Å². The highest BCUT2D eigenvalue weighted by molar-refractivity contribution is 14.0. The molecule has 6 nitrogen and oxygen atoms in total. The van der Waals surface area contributed by atoms with E-state index in [4.69, 9.17) is 4.99 Å². The van der Waals surface area contributed by atoms with Crippen molar-refractivity contribution < 1.29 is 4.79 Å². The molecule has 158 valence electrons. The van der Waals surface area contributed by atoms with Gasteiger partial charge in [-0.25, -0.2) is 0 Å². The van der Waals surface area contributed by atoms with Crippen molar-refractivity contribution in [3.05, 3.63) is 0 Å². The third-order valence-electron chi connectivity index (χ3n) is 5.93. The molecular weight excluding hydrogens is 453 g/mol. The zero-order valence-corrected chi connectivity index (χ0v) is 20.1. The Hall–Kier alpha value is -0.570. The highest BCUT2D eigenvalue weighted by Crippen LogP contribution is 2.14. The summed E-state index contributed by atoms with van der Waals surface area (Å²) in [5.74, 6) is 2.02. The lowest BCUT2D eigenvalue weighted by molar-refractivity contribution is -0.135. The molecule has 0 saturated carbocycles. The first-order valence-electron chi connectivity index (χ1n) is 10.7. The Kier molecular flexibility index (Phi) is 11.6. The predicted molar refractivity (Wildman–Crippen MR) is 124 cm³/mol. The summed E-state index contributed by atoms with van der Waals surface area (Å²) in [5, 5.41) is 3.45. The number of hydrogen-bond acceptors (Lipinski definition) is 3. The van der Waals surface area contributed by atoms with E-state index in [0.717, 1.165) is 71.2 Å². The maximum Gasteiger partial charge on any atom is 0.239 e. The number of rotatable bonds is 7. The van der Waals surface area contributed by atoms with Gasteiger partial charge in [0, 0.05) is 52.4 Å². The minimum absolute atomic E-state index is 0. The predicted octanol–water partition coefficient (Wildman–Crippen LogP) is 2.63. The molecule has 2 saturated heterocycles. The second-order valence-corrected chi connectivity index (χ2v) is 7.61. The third kappa shape index (κ3) is 7.07. The van der Waals surface area contributed by atoms with Crippen molar-refractivity contribution in [1.82, 2.24) is 20.0 Å². The molecule has 1 unspecified atom stereocenters. The molecule has 0 spiro atoms. The number of nitrogens with one attached hydrogen (secondary N) is 1. The maximum atomic E-state index is 12.6. The van der Waals surface area contributed by atoms with Gasteiger partial charge in [-0.15, -0.1) is 24.0 Å². The van der Waals surface area contributed by atoms with E-state index < -0.39 is 0 Å². The Balaban J connectivity index is 0.00000364. The summed E-state index contributed by atoms with van der Waals surface area (Å²) in [6.45, 7) is 16.1. The molecule has 2 rings (SSSR count). The molecule has 0 bridgehead atoms. The summed E-state index contributed by atoms with van der Waals surface area (Å²) in [6.07, 6.45) is 4.68. The Morgan fingerprint density at radius 2 is 1.56 bits per heavy atom. The van der Waals surface area contributed by atoms with Crippen molar-refractivity contribution in [2.75, 3.05) is 52.4 Å². The molecule has 1 atom stereocenters. The summed E-state index contributed by atoms with van der Waals surface area (Å²) in [7, 11) is 0. The lowest BCUT2D eigenvalue weighted by Crippen LogP contribution is -2.57. The van der Waals surface area contributed by atoms with Crippen LogP contribution in [0.4, 0.5) is 0 Å². The number of carbonyl (C=O) groups is 1. The number of nitrogens with zero attached hydrogens (tertiary/aromatic N) is 4. The third-order valence-corrected chi connectivity index (χ3v) is 5.93. The topological polar surface area (TPSA) is 51.2 Å². The molecule has 2 aliphatic rings. The first-order chi connectivity index (χ1) is 12.6. The summed E-state index contributed by atoms with van der Waals surface area (Å²) >= 11 is 0. The van der Waals surface area contributed by atoms with E-state index in [0.29, 0.717) is 11.8 Å². The van der Waals surface area contributed by atoms with E-state index in [-0.39, 0.29) is 30.0 Å². The Morgan fingerprint density at radius 1 is 0.963 bits per heavy atom. The van der Waals surface area contributed by atoms with Crippen LogP contribution in [0.5, 0.6) is 0 Å². The van der Waals surface area contributed by atoms with Gasteiger partial charge in [0.25, 0.3) is 0 Å². The molecule has 2 heterocycles. The number of halogens is 1. The van der Waals surface area contributed by atoms with Crippen LogP contribution in [0.25, 0.3) is 0 Å². The molecule has 2 aliphatic heterocycles. The van der Waals surface area contributed by atoms with Gasteiger partial charge < -0.3 is 15.1 Å². The molecule has 7 heteroatoms. The number of amides is 1. The molecular formula is C20H40IN5O. The van der Waals surface area contributed by atoms with Crippen molar-refractivity contribution in [2.45, 2.75) is 59.4 Å². The monoisotopic (exact) mass is 493 g/mol. The van der Waals surface area contributed by atoms with Crippen LogP contribution in [0, 0.1) is 5.92 Å². The van der Waals surface area contributed by atoms with Gasteiger partial charge in [-0.2, -0.15) is 0 Å². The van der Waals surface area contributed by atoms with Gasteiger partial charge >= 0.3 is 0 Å². The molecule has 2 fully saturated rings. The zero-order valence-electron chi connectivity index (χ0n) is 17.7. The second-order valence-electron chi connectivity index (χ2n) is 7.61. The van der Waals surface area contributed by atoms with Crippen LogP contribution in [0.3, 0.4) is 0 Å². The minimum atomic E-state index is -0.000615. The lowest BCUT2D eigenvalue weighted by Gasteiger charge is -2.39. The van der Waals surface area contributed by atoms with Gasteiger partial charge in [0.15, 0.2) is 5.96 Å². The summed E-state index contributed by atoms with van der Waals surface area (Å²) < 4.78 is 0. The fourth-order valence-electron chi connectivity index (χ4n) is 3.87. The maximum absolute atomic E-state index is 12.6. The fraction of sp³-hybridized carbons (Fsp3) is 0.900. The average molecular weight is 493 g/mol. The van der Waals surface area contributed by atoms with Crippen LogP contribution >= 0.6 is 24.0 Å². The molecule has 1 amide bonds. The number of aliphatic imine (C=N–C) groups is 1. The summed E-state index contributed by atoms with van der Waals surface area (Å²) in [5.41, 5.74) is 0. The normalized spacial score (nSPS) is 20.0. The average Bonchev–Trinajstić information content (AvgIpc) is 3.21. The number of piperazine rings is 1. The van der Waals surface area contributed by atoms with Gasteiger partial charge in [-0.05, 0) is 32.6 Å². The standard InChI is InChI=1S/C20H39N5O.HI/c1-5-18(6-2)16-22-20(21-7-3)25-14-12-23(13-15-25)17(4)19(26)24-10-8-9-11-24;/h17-18H,5-16H2,1-4H3,(H,21,22);1H. The van der Waals surface area contributed by atoms with E-state index in [9.17, 15) is 4.79 Å². The first kappa shape index (κ1) is 24.5. The summed E-state index contributed by atoms with van der Waals surface area (Å²) in [4.78, 5) is 24.3. The molecule has 0 aromatic carbocycles. The van der Waals surface area contributed by atoms with Gasteiger partial charge in [0.05, 0.1) is 6.04 Å². The Morgan fingerprint density at radius 3 is 2.07 bits per heavy atom. The van der Waals surface area contributed by atoms with E-state index in [1.54, 1.807) is 0 Å². The van der Waals surface area contributed by atoms with Crippen LogP contribution < -0.4 is 5.32 Å². The zero-order chi connectivity index (χ0) is 18.9. The number of hydrogen-bond donors (Lipinski definition) is 1. The molecule has 0 aromatic rings. The second kappa shape index (κ2) is 12.8. The van der Waals surface area contributed by atoms with Crippen molar-refractivity contribution in [3.63, 3.8) is 0 Å². The number of guanidine groups is 1. The van der Waals surface area contributed by atoms with Crippen molar-refractivity contribution in [2.24, 2.45) is 10.9 Å². The SMILES string of the molecule is CCNC(=NCC(CC)CC)N1CCN(C(C)C(=O)N2CCCC2)CC1.I. The van der Waals surface area contributed by atoms with Crippen LogP contribution in [-0.2, 0) is 4.79 Å². The van der Waals surface area contributed by atoms with E-state index in [1.807, 2.05) is 4.90 Å². The van der Waals surface area contributed by atoms with Crippen molar-refractivity contribution in [1.29, 1.82) is 0 Å². The number of likely N-dealkylation sites (tertiary alicyclic amines) is 1. The van der Waals surface area contributed by atoms with Crippen LogP contribution in [0.2, 0.25) is 0 Å². The highest BCUT2D eigenvalue weighted by atomic mass is 127. The largest absolute Gasteiger partial charge is 0.357 e. The van der Waals surface area contributed by atoms with Crippen LogP contribution in [-0.4, -0.2) is 85.0 Å². The van der Waals surface area contributed by atoms with E-state index in [1.165, 1.54) is 12.8 Å². The first-order valence-corrected chi connectivity index (χ1v) is 10.7. The van der Waals surface area contributed by atoms with Crippen LogP contribution in [0.1, 0.15) is 53.4 Å². The molecule has 0 radical (unpaired) electrons. The van der Waals surface area contributed by atoms with Crippen LogP contribution in [0.15, 0.2) is 4.99 Å². The number of carbonyl (C=O) groups excluding carboxylic acids is 1. The minimum Gasteiger partial charge on any atom is -0.357 e. The summed E-state index contributed by atoms with van der Waals surface area (Å²) in [6, 6.07) is -0.000615. The van der Waals surface area contributed by atoms with Gasteiger partial charge in [0.1, 0.15) is 0 Å². The van der Waals surface area contributed by atoms with Gasteiger partial charge in [-0.3, -0.25) is 14.7 Å². The van der Waals surface area contributed by atoms with E-state index >= 15 is 0 Å². The molecule has 27 heavy (non-hydrogen) atoms.